The molecule has 0 aliphatic carbocycles. The second kappa shape index (κ2) is 7.07. The molecule has 1 unspecified atom stereocenters. The molecular formula is C12H20ClN3OS. The van der Waals surface area contributed by atoms with Crippen LogP contribution in [0, 0.1) is 5.92 Å². The summed E-state index contributed by atoms with van der Waals surface area (Å²) in [5, 5.41) is 2.81. The molecule has 4 nitrogen and oxygen atoms in total. The zero-order valence-corrected chi connectivity index (χ0v) is 12.2. The minimum Gasteiger partial charge on any atom is -0.337 e. The second-order valence-electron chi connectivity index (χ2n) is 4.66. The van der Waals surface area contributed by atoms with Crippen molar-refractivity contribution in [2.24, 2.45) is 11.7 Å². The van der Waals surface area contributed by atoms with Gasteiger partial charge in [-0.15, -0.1) is 23.7 Å². The molecule has 1 aromatic heterocycles. The smallest absolute Gasteiger partial charge is 0.273 e. The van der Waals surface area contributed by atoms with E-state index in [0.29, 0.717) is 18.2 Å². The summed E-state index contributed by atoms with van der Waals surface area (Å²) in [6.07, 6.45) is 3.08. The van der Waals surface area contributed by atoms with Crippen molar-refractivity contribution in [3.63, 3.8) is 0 Å². The van der Waals surface area contributed by atoms with E-state index in [1.54, 1.807) is 0 Å². The van der Waals surface area contributed by atoms with Gasteiger partial charge in [0.1, 0.15) is 5.69 Å². The molecule has 0 saturated carbocycles. The van der Waals surface area contributed by atoms with Gasteiger partial charge in [-0.1, -0.05) is 6.92 Å². The lowest BCUT2D eigenvalue weighted by Gasteiger charge is -2.30. The van der Waals surface area contributed by atoms with E-state index < -0.39 is 0 Å². The highest BCUT2D eigenvalue weighted by Gasteiger charge is 2.23. The van der Waals surface area contributed by atoms with Crippen molar-refractivity contribution in [3.05, 3.63) is 16.1 Å². The average Bonchev–Trinajstić information content (AvgIpc) is 2.77. The van der Waals surface area contributed by atoms with Gasteiger partial charge in [0.2, 0.25) is 0 Å². The number of halogens is 1. The topological polar surface area (TPSA) is 59.2 Å². The number of thiazole rings is 1. The van der Waals surface area contributed by atoms with Gasteiger partial charge >= 0.3 is 0 Å². The van der Waals surface area contributed by atoms with E-state index in [2.05, 4.69) is 11.9 Å². The third-order valence-corrected chi connectivity index (χ3v) is 3.98. The zero-order chi connectivity index (χ0) is 12.3. The number of likely N-dealkylation sites (tertiary alicyclic amines) is 1. The van der Waals surface area contributed by atoms with Crippen LogP contribution in [0.1, 0.15) is 35.3 Å². The van der Waals surface area contributed by atoms with Gasteiger partial charge in [-0.05, 0) is 25.3 Å². The van der Waals surface area contributed by atoms with Crippen molar-refractivity contribution < 1.29 is 4.79 Å². The van der Waals surface area contributed by atoms with Crippen LogP contribution in [-0.2, 0) is 6.42 Å². The van der Waals surface area contributed by atoms with Crippen molar-refractivity contribution in [2.75, 3.05) is 19.6 Å². The van der Waals surface area contributed by atoms with Crippen LogP contribution in [0.15, 0.2) is 5.38 Å². The molecule has 1 aliphatic rings. The largest absolute Gasteiger partial charge is 0.337 e. The quantitative estimate of drug-likeness (QED) is 0.925. The van der Waals surface area contributed by atoms with Crippen LogP contribution in [0.25, 0.3) is 0 Å². The standard InChI is InChI=1S/C12H19N3OS.ClH/c1-9-3-2-6-15(7-9)12(16)10-8-17-11(14-10)4-5-13;/h8-9H,2-7,13H2,1H3;1H. The van der Waals surface area contributed by atoms with Crippen molar-refractivity contribution in [3.8, 4) is 0 Å². The van der Waals surface area contributed by atoms with Crippen molar-refractivity contribution in [1.29, 1.82) is 0 Å². The van der Waals surface area contributed by atoms with Crippen LogP contribution in [0.4, 0.5) is 0 Å². The third kappa shape index (κ3) is 3.67. The second-order valence-corrected chi connectivity index (χ2v) is 5.61. The fourth-order valence-electron chi connectivity index (χ4n) is 2.18. The molecule has 0 bridgehead atoms. The molecule has 2 rings (SSSR count). The minimum absolute atomic E-state index is 0. The van der Waals surface area contributed by atoms with E-state index in [1.165, 1.54) is 17.8 Å². The average molecular weight is 290 g/mol. The molecule has 0 spiro atoms. The first-order valence-corrected chi connectivity index (χ1v) is 7.02. The van der Waals surface area contributed by atoms with Crippen LogP contribution in [0.2, 0.25) is 0 Å². The fraction of sp³-hybridized carbons (Fsp3) is 0.667. The number of carbonyl (C=O) groups excluding carboxylic acids is 1. The zero-order valence-electron chi connectivity index (χ0n) is 10.6. The summed E-state index contributed by atoms with van der Waals surface area (Å²) >= 11 is 1.53. The van der Waals surface area contributed by atoms with E-state index in [1.807, 2.05) is 10.3 Å². The normalized spacial score (nSPS) is 19.4. The van der Waals surface area contributed by atoms with Crippen LogP contribution < -0.4 is 5.73 Å². The van der Waals surface area contributed by atoms with Crippen molar-refractivity contribution >= 4 is 29.7 Å². The molecule has 102 valence electrons. The number of amides is 1. The molecule has 0 radical (unpaired) electrons. The van der Waals surface area contributed by atoms with Gasteiger partial charge < -0.3 is 10.6 Å². The Bertz CT molecular complexity index is 396. The maximum Gasteiger partial charge on any atom is 0.273 e. The first-order chi connectivity index (χ1) is 8.20. The lowest BCUT2D eigenvalue weighted by Crippen LogP contribution is -2.39. The number of rotatable bonds is 3. The molecular weight excluding hydrogens is 270 g/mol. The summed E-state index contributed by atoms with van der Waals surface area (Å²) in [4.78, 5) is 18.5. The maximum absolute atomic E-state index is 12.2. The Hall–Kier alpha value is -0.650. The van der Waals surface area contributed by atoms with Gasteiger partial charge in [0.25, 0.3) is 5.91 Å². The van der Waals surface area contributed by atoms with Crippen LogP contribution >= 0.6 is 23.7 Å². The highest BCUT2D eigenvalue weighted by molar-refractivity contribution is 7.09. The molecule has 1 aromatic rings. The summed E-state index contributed by atoms with van der Waals surface area (Å²) in [7, 11) is 0. The Labute approximate surface area is 118 Å². The Morgan fingerprint density at radius 2 is 2.44 bits per heavy atom. The van der Waals surface area contributed by atoms with Gasteiger partial charge in [-0.2, -0.15) is 0 Å². The Balaban J connectivity index is 0.00000162. The number of piperidine rings is 1. The Morgan fingerprint density at radius 3 is 3.11 bits per heavy atom. The number of aromatic nitrogens is 1. The Morgan fingerprint density at radius 1 is 1.67 bits per heavy atom. The lowest BCUT2D eigenvalue weighted by molar-refractivity contribution is 0.0677. The van der Waals surface area contributed by atoms with Gasteiger partial charge in [0.15, 0.2) is 0 Å². The highest BCUT2D eigenvalue weighted by atomic mass is 35.5. The van der Waals surface area contributed by atoms with E-state index in [4.69, 9.17) is 5.73 Å². The maximum atomic E-state index is 12.2. The van der Waals surface area contributed by atoms with E-state index in [0.717, 1.165) is 30.9 Å². The van der Waals surface area contributed by atoms with Gasteiger partial charge in [0.05, 0.1) is 5.01 Å². The molecule has 6 heteroatoms. The van der Waals surface area contributed by atoms with Crippen LogP contribution in [-0.4, -0.2) is 35.4 Å². The van der Waals surface area contributed by atoms with Crippen LogP contribution in [0.5, 0.6) is 0 Å². The predicted molar refractivity (Wildman–Crippen MR) is 76.4 cm³/mol. The van der Waals surface area contributed by atoms with Crippen molar-refractivity contribution in [2.45, 2.75) is 26.2 Å². The minimum atomic E-state index is 0. The molecule has 1 saturated heterocycles. The monoisotopic (exact) mass is 289 g/mol. The molecule has 0 aromatic carbocycles. The molecule has 1 atom stereocenters. The third-order valence-electron chi connectivity index (χ3n) is 3.07. The van der Waals surface area contributed by atoms with E-state index in [-0.39, 0.29) is 18.3 Å². The van der Waals surface area contributed by atoms with Crippen molar-refractivity contribution in [1.82, 2.24) is 9.88 Å². The Kier molecular flexibility index (Phi) is 6.05. The van der Waals surface area contributed by atoms with Crippen LogP contribution in [0.3, 0.4) is 0 Å². The predicted octanol–water partition coefficient (Wildman–Crippen LogP) is 1.94. The molecule has 1 amide bonds. The van der Waals surface area contributed by atoms with Gasteiger partial charge in [-0.3, -0.25) is 4.79 Å². The molecule has 1 fully saturated rings. The van der Waals surface area contributed by atoms with Gasteiger partial charge in [0, 0.05) is 24.9 Å². The summed E-state index contributed by atoms with van der Waals surface area (Å²) in [6, 6.07) is 0. The summed E-state index contributed by atoms with van der Waals surface area (Å²) in [6.45, 7) is 4.51. The molecule has 18 heavy (non-hydrogen) atoms. The lowest BCUT2D eigenvalue weighted by atomic mass is 10.0. The van der Waals surface area contributed by atoms with Gasteiger partial charge in [-0.25, -0.2) is 4.98 Å². The molecule has 2 heterocycles. The first-order valence-electron chi connectivity index (χ1n) is 6.14. The highest BCUT2D eigenvalue weighted by Crippen LogP contribution is 2.19. The SMILES string of the molecule is CC1CCCN(C(=O)c2csc(CCN)n2)C1.Cl. The fourth-order valence-corrected chi connectivity index (χ4v) is 2.97. The van der Waals surface area contributed by atoms with E-state index in [9.17, 15) is 4.79 Å². The molecule has 1 aliphatic heterocycles. The summed E-state index contributed by atoms with van der Waals surface area (Å²) < 4.78 is 0. The number of hydrogen-bond donors (Lipinski definition) is 1. The number of carbonyl (C=O) groups is 1. The van der Waals surface area contributed by atoms with E-state index >= 15 is 0 Å². The first kappa shape index (κ1) is 15.4. The number of nitrogens with zero attached hydrogens (tertiary/aromatic N) is 2. The number of nitrogens with two attached hydrogens (primary N) is 1. The summed E-state index contributed by atoms with van der Waals surface area (Å²) in [5.41, 5.74) is 6.07. The summed E-state index contributed by atoms with van der Waals surface area (Å²) in [5.74, 6) is 0.686. The number of hydrogen-bond acceptors (Lipinski definition) is 4. The molecule has 2 N–H and O–H groups in total.